The maximum atomic E-state index is 12.3. The van der Waals surface area contributed by atoms with Crippen LogP contribution in [0.3, 0.4) is 0 Å². The summed E-state index contributed by atoms with van der Waals surface area (Å²) in [6.07, 6.45) is 7.94. The van der Waals surface area contributed by atoms with Crippen LogP contribution in [-0.4, -0.2) is 39.8 Å². The molecule has 0 radical (unpaired) electrons. The lowest BCUT2D eigenvalue weighted by atomic mass is 10.1. The number of nitrogens with zero attached hydrogens (tertiary/aromatic N) is 3. The van der Waals surface area contributed by atoms with Crippen molar-refractivity contribution in [3.63, 3.8) is 0 Å². The number of aromatic nitrogens is 2. The van der Waals surface area contributed by atoms with Crippen LogP contribution in [0.15, 0.2) is 49.1 Å². The van der Waals surface area contributed by atoms with E-state index in [0.29, 0.717) is 19.6 Å². The van der Waals surface area contributed by atoms with Crippen molar-refractivity contribution in [2.75, 3.05) is 13.1 Å². The maximum absolute atomic E-state index is 12.3. The number of likely N-dealkylation sites (tertiary alicyclic amines) is 1. The molecule has 1 aliphatic heterocycles. The number of hydrogen-bond donors (Lipinski definition) is 1. The lowest BCUT2D eigenvalue weighted by molar-refractivity contribution is -0.129. The molecule has 6 nitrogen and oxygen atoms in total. The van der Waals surface area contributed by atoms with E-state index in [-0.39, 0.29) is 24.2 Å². The van der Waals surface area contributed by atoms with Crippen LogP contribution >= 0.6 is 0 Å². The molecule has 0 spiro atoms. The second-order valence-corrected chi connectivity index (χ2v) is 5.93. The van der Waals surface area contributed by atoms with Crippen LogP contribution in [0.4, 0.5) is 0 Å². The van der Waals surface area contributed by atoms with Gasteiger partial charge in [0.25, 0.3) is 0 Å². The predicted molar refractivity (Wildman–Crippen MR) is 88.7 cm³/mol. The molecule has 1 unspecified atom stereocenters. The van der Waals surface area contributed by atoms with Gasteiger partial charge in [0.05, 0.1) is 5.92 Å². The quantitative estimate of drug-likeness (QED) is 0.866. The number of carbonyl (C=O) groups excluding carboxylic acids is 2. The molecule has 2 aromatic rings. The lowest BCUT2D eigenvalue weighted by Crippen LogP contribution is -2.34. The summed E-state index contributed by atoms with van der Waals surface area (Å²) in [5.74, 6) is -0.285. The monoisotopic (exact) mass is 324 g/mol. The molecule has 3 heterocycles. The van der Waals surface area contributed by atoms with Crippen molar-refractivity contribution >= 4 is 11.8 Å². The largest absolute Gasteiger partial charge is 0.355 e. The van der Waals surface area contributed by atoms with Gasteiger partial charge >= 0.3 is 0 Å². The Bertz CT molecular complexity index is 691. The molecule has 0 bridgehead atoms. The number of pyridine rings is 2. The van der Waals surface area contributed by atoms with Crippen molar-refractivity contribution in [2.45, 2.75) is 19.4 Å². The summed E-state index contributed by atoms with van der Waals surface area (Å²) < 4.78 is 0. The molecular weight excluding hydrogens is 304 g/mol. The molecule has 24 heavy (non-hydrogen) atoms. The molecular formula is C18H20N4O2. The summed E-state index contributed by atoms with van der Waals surface area (Å²) in [5.41, 5.74) is 2.16. The highest BCUT2D eigenvalue weighted by atomic mass is 16.2. The Morgan fingerprint density at radius 2 is 1.71 bits per heavy atom. The van der Waals surface area contributed by atoms with Crippen LogP contribution in [-0.2, 0) is 22.6 Å². The van der Waals surface area contributed by atoms with Crippen LogP contribution in [0.5, 0.6) is 0 Å². The van der Waals surface area contributed by atoms with Gasteiger partial charge in [-0.1, -0.05) is 0 Å². The fourth-order valence-corrected chi connectivity index (χ4v) is 2.83. The van der Waals surface area contributed by atoms with E-state index in [1.807, 2.05) is 24.3 Å². The Balaban J connectivity index is 1.47. The first-order valence-corrected chi connectivity index (χ1v) is 8.05. The van der Waals surface area contributed by atoms with Crippen molar-refractivity contribution in [1.29, 1.82) is 0 Å². The van der Waals surface area contributed by atoms with Crippen molar-refractivity contribution in [2.24, 2.45) is 5.92 Å². The van der Waals surface area contributed by atoms with E-state index in [4.69, 9.17) is 0 Å². The Hall–Kier alpha value is -2.76. The third-order valence-corrected chi connectivity index (χ3v) is 4.17. The molecule has 1 saturated heterocycles. The van der Waals surface area contributed by atoms with Gasteiger partial charge < -0.3 is 10.2 Å². The van der Waals surface area contributed by atoms with Gasteiger partial charge in [-0.15, -0.1) is 0 Å². The first-order valence-electron chi connectivity index (χ1n) is 8.05. The van der Waals surface area contributed by atoms with Gasteiger partial charge in [-0.3, -0.25) is 19.6 Å². The zero-order valence-electron chi connectivity index (χ0n) is 13.4. The molecule has 6 heteroatoms. The van der Waals surface area contributed by atoms with Crippen LogP contribution in [0, 0.1) is 5.92 Å². The van der Waals surface area contributed by atoms with Crippen molar-refractivity contribution in [3.05, 3.63) is 60.2 Å². The minimum Gasteiger partial charge on any atom is -0.355 e. The zero-order valence-corrected chi connectivity index (χ0v) is 13.4. The SMILES string of the molecule is O=C(NCCc1ccncc1)C1CC(=O)N(Cc2ccncc2)C1. The normalized spacial score (nSPS) is 17.1. The fourth-order valence-electron chi connectivity index (χ4n) is 2.83. The summed E-state index contributed by atoms with van der Waals surface area (Å²) in [5, 5.41) is 2.93. The maximum Gasteiger partial charge on any atom is 0.225 e. The average molecular weight is 324 g/mol. The van der Waals surface area contributed by atoms with Gasteiger partial charge in [-0.2, -0.15) is 0 Å². The topological polar surface area (TPSA) is 75.2 Å². The molecule has 1 atom stereocenters. The third-order valence-electron chi connectivity index (χ3n) is 4.17. The van der Waals surface area contributed by atoms with E-state index in [0.717, 1.165) is 17.5 Å². The summed E-state index contributed by atoms with van der Waals surface area (Å²) in [7, 11) is 0. The number of amides is 2. The van der Waals surface area contributed by atoms with Crippen molar-refractivity contribution in [3.8, 4) is 0 Å². The highest BCUT2D eigenvalue weighted by Gasteiger charge is 2.33. The van der Waals surface area contributed by atoms with E-state index in [1.165, 1.54) is 0 Å². The second kappa shape index (κ2) is 7.68. The van der Waals surface area contributed by atoms with Gasteiger partial charge in [0.1, 0.15) is 0 Å². The van der Waals surface area contributed by atoms with E-state index < -0.39 is 0 Å². The van der Waals surface area contributed by atoms with Crippen molar-refractivity contribution < 1.29 is 9.59 Å². The van der Waals surface area contributed by atoms with Crippen LogP contribution in [0.1, 0.15) is 17.5 Å². The predicted octanol–water partition coefficient (Wildman–Crippen LogP) is 1.18. The first kappa shape index (κ1) is 16.1. The number of rotatable bonds is 6. The number of hydrogen-bond acceptors (Lipinski definition) is 4. The van der Waals surface area contributed by atoms with Gasteiger partial charge in [0.15, 0.2) is 0 Å². The van der Waals surface area contributed by atoms with Gasteiger partial charge in [-0.25, -0.2) is 0 Å². The molecule has 2 amide bonds. The molecule has 1 N–H and O–H groups in total. The van der Waals surface area contributed by atoms with Crippen LogP contribution < -0.4 is 5.32 Å². The average Bonchev–Trinajstić information content (AvgIpc) is 2.97. The summed E-state index contributed by atoms with van der Waals surface area (Å²) in [6.45, 7) is 1.57. The molecule has 1 aliphatic rings. The second-order valence-electron chi connectivity index (χ2n) is 5.93. The highest BCUT2D eigenvalue weighted by molar-refractivity contribution is 5.89. The minimum atomic E-state index is -0.267. The Labute approximate surface area is 140 Å². The van der Waals surface area contributed by atoms with Crippen LogP contribution in [0.2, 0.25) is 0 Å². The molecule has 0 saturated carbocycles. The van der Waals surface area contributed by atoms with E-state index >= 15 is 0 Å². The number of nitrogens with one attached hydrogen (secondary N) is 1. The molecule has 2 aromatic heterocycles. The Kier molecular flexibility index (Phi) is 5.15. The smallest absolute Gasteiger partial charge is 0.225 e. The summed E-state index contributed by atoms with van der Waals surface area (Å²) in [6, 6.07) is 7.63. The molecule has 1 fully saturated rings. The summed E-state index contributed by atoms with van der Waals surface area (Å²) >= 11 is 0. The third kappa shape index (κ3) is 4.16. The Morgan fingerprint density at radius 1 is 1.08 bits per heavy atom. The van der Waals surface area contributed by atoms with Gasteiger partial charge in [0.2, 0.25) is 11.8 Å². The molecule has 0 aliphatic carbocycles. The Morgan fingerprint density at radius 3 is 2.38 bits per heavy atom. The highest BCUT2D eigenvalue weighted by Crippen LogP contribution is 2.20. The standard InChI is InChI=1S/C18H20N4O2/c23-17-11-16(13-22(17)12-15-3-8-20-9-4-15)18(24)21-10-5-14-1-6-19-7-2-14/h1-4,6-9,16H,5,10-13H2,(H,21,24). The summed E-state index contributed by atoms with van der Waals surface area (Å²) in [4.78, 5) is 34.1. The van der Waals surface area contributed by atoms with Crippen molar-refractivity contribution in [1.82, 2.24) is 20.2 Å². The van der Waals surface area contributed by atoms with Gasteiger partial charge in [-0.05, 0) is 41.8 Å². The lowest BCUT2D eigenvalue weighted by Gasteiger charge is -2.16. The number of carbonyl (C=O) groups is 2. The molecule has 0 aromatic carbocycles. The van der Waals surface area contributed by atoms with Gasteiger partial charge in [0, 0.05) is 50.8 Å². The van der Waals surface area contributed by atoms with Crippen LogP contribution in [0.25, 0.3) is 0 Å². The van der Waals surface area contributed by atoms with E-state index in [1.54, 1.807) is 29.7 Å². The van der Waals surface area contributed by atoms with E-state index in [9.17, 15) is 9.59 Å². The molecule has 124 valence electrons. The zero-order chi connectivity index (χ0) is 16.8. The fraction of sp³-hybridized carbons (Fsp3) is 0.333. The first-order chi connectivity index (χ1) is 11.7. The molecule has 3 rings (SSSR count). The van der Waals surface area contributed by atoms with E-state index in [2.05, 4.69) is 15.3 Å². The minimum absolute atomic E-state index is 0.0288.